The molecule has 0 aromatic carbocycles. The van der Waals surface area contributed by atoms with E-state index in [4.69, 9.17) is 11.6 Å². The molecular weight excluding hydrogens is 310 g/mol. The number of halogens is 1. The molecule has 112 valence electrons. The summed E-state index contributed by atoms with van der Waals surface area (Å²) in [5.41, 5.74) is 0.831. The van der Waals surface area contributed by atoms with Crippen molar-refractivity contribution < 1.29 is 4.79 Å². The molecule has 1 N–H and O–H groups in total. The number of aromatic nitrogens is 2. The highest BCUT2D eigenvalue weighted by atomic mass is 35.5. The summed E-state index contributed by atoms with van der Waals surface area (Å²) in [5, 5.41) is 0.977. The molecule has 2 heterocycles. The molecule has 0 aliphatic carbocycles. The summed E-state index contributed by atoms with van der Waals surface area (Å²) in [4.78, 5) is 33.3. The lowest BCUT2D eigenvalue weighted by Gasteiger charge is -2.24. The molecule has 5 nitrogen and oxygen atoms in total. The third kappa shape index (κ3) is 3.16. The van der Waals surface area contributed by atoms with Crippen LogP contribution in [-0.2, 0) is 0 Å². The second kappa shape index (κ2) is 5.99. The van der Waals surface area contributed by atoms with Gasteiger partial charge < -0.3 is 9.88 Å². The van der Waals surface area contributed by atoms with Crippen LogP contribution in [0.5, 0.6) is 0 Å². The number of thiazole rings is 1. The minimum atomic E-state index is -0.408. The van der Waals surface area contributed by atoms with E-state index in [1.165, 1.54) is 12.3 Å². The Bertz CT molecular complexity index is 738. The molecular formula is C14H16ClN3O2S. The summed E-state index contributed by atoms with van der Waals surface area (Å²) in [5.74, 6) is -0.217. The monoisotopic (exact) mass is 325 g/mol. The number of H-pyrrole nitrogens is 1. The number of carbonyl (C=O) groups excluding carboxylic acids is 1. The zero-order valence-corrected chi connectivity index (χ0v) is 13.8. The van der Waals surface area contributed by atoms with Crippen molar-refractivity contribution in [3.8, 4) is 0 Å². The van der Waals surface area contributed by atoms with Crippen LogP contribution < -0.4 is 5.56 Å². The van der Waals surface area contributed by atoms with Crippen LogP contribution in [0.2, 0.25) is 5.02 Å². The first-order valence-electron chi connectivity index (χ1n) is 6.40. The Morgan fingerprint density at radius 2 is 2.14 bits per heavy atom. The van der Waals surface area contributed by atoms with E-state index in [0.29, 0.717) is 5.56 Å². The van der Waals surface area contributed by atoms with Gasteiger partial charge in [0.05, 0.1) is 22.3 Å². The Kier molecular flexibility index (Phi) is 4.49. The fourth-order valence-electron chi connectivity index (χ4n) is 2.07. The third-order valence-corrected chi connectivity index (χ3v) is 4.52. The normalized spacial score (nSPS) is 12.2. The van der Waals surface area contributed by atoms with Crippen molar-refractivity contribution >= 4 is 28.8 Å². The summed E-state index contributed by atoms with van der Waals surface area (Å²) < 4.78 is 0. The molecule has 2 aromatic rings. The lowest BCUT2D eigenvalue weighted by Crippen LogP contribution is -2.30. The van der Waals surface area contributed by atoms with E-state index in [2.05, 4.69) is 9.97 Å². The SMILES string of the molecule is Cc1nc([C@@H](C)N(C)C(=O)c2c[nH]c(=O)c(Cl)c2)c(C)s1. The van der Waals surface area contributed by atoms with Crippen LogP contribution in [0.1, 0.15) is 38.9 Å². The van der Waals surface area contributed by atoms with Crippen LogP contribution in [0.25, 0.3) is 0 Å². The van der Waals surface area contributed by atoms with Crippen LogP contribution in [0.15, 0.2) is 17.1 Å². The van der Waals surface area contributed by atoms with E-state index in [0.717, 1.165) is 15.6 Å². The highest BCUT2D eigenvalue weighted by Crippen LogP contribution is 2.26. The maximum atomic E-state index is 12.5. The van der Waals surface area contributed by atoms with E-state index in [-0.39, 0.29) is 17.0 Å². The maximum absolute atomic E-state index is 12.5. The highest BCUT2D eigenvalue weighted by molar-refractivity contribution is 7.11. The van der Waals surface area contributed by atoms with Crippen molar-refractivity contribution in [1.29, 1.82) is 0 Å². The number of nitrogens with zero attached hydrogens (tertiary/aromatic N) is 2. The predicted octanol–water partition coefficient (Wildman–Crippen LogP) is 2.93. The van der Waals surface area contributed by atoms with Crippen molar-refractivity contribution in [2.24, 2.45) is 0 Å². The molecule has 0 bridgehead atoms. The van der Waals surface area contributed by atoms with Gasteiger partial charge in [0.15, 0.2) is 0 Å². The molecule has 21 heavy (non-hydrogen) atoms. The number of pyridine rings is 1. The number of carbonyl (C=O) groups is 1. The van der Waals surface area contributed by atoms with Crippen molar-refractivity contribution in [1.82, 2.24) is 14.9 Å². The standard InChI is InChI=1S/C14H16ClN3O2S/c1-7(12-8(2)21-9(3)17-12)18(4)14(20)10-5-11(15)13(19)16-6-10/h5-7H,1-4H3,(H,16,19)/t7-/m1/s1. The van der Waals surface area contributed by atoms with E-state index in [9.17, 15) is 9.59 Å². The van der Waals surface area contributed by atoms with E-state index < -0.39 is 5.56 Å². The van der Waals surface area contributed by atoms with Crippen molar-refractivity contribution in [3.63, 3.8) is 0 Å². The molecule has 0 spiro atoms. The number of aromatic amines is 1. The molecule has 2 aromatic heterocycles. The molecule has 1 amide bonds. The summed E-state index contributed by atoms with van der Waals surface area (Å²) >= 11 is 7.37. The van der Waals surface area contributed by atoms with Crippen molar-refractivity contribution in [2.75, 3.05) is 7.05 Å². The third-order valence-electron chi connectivity index (χ3n) is 3.34. The van der Waals surface area contributed by atoms with Gasteiger partial charge in [-0.1, -0.05) is 11.6 Å². The van der Waals surface area contributed by atoms with Crippen LogP contribution in [0.4, 0.5) is 0 Å². The van der Waals surface area contributed by atoms with Gasteiger partial charge in [-0.05, 0) is 26.8 Å². The fraction of sp³-hybridized carbons (Fsp3) is 0.357. The Labute approximate surface area is 131 Å². The van der Waals surface area contributed by atoms with Gasteiger partial charge in [-0.2, -0.15) is 0 Å². The molecule has 0 aliphatic rings. The Morgan fingerprint density at radius 1 is 1.48 bits per heavy atom. The smallest absolute Gasteiger partial charge is 0.266 e. The van der Waals surface area contributed by atoms with Crippen LogP contribution in [0, 0.1) is 13.8 Å². The number of aryl methyl sites for hydroxylation is 2. The summed E-state index contributed by atoms with van der Waals surface area (Å²) in [6.07, 6.45) is 1.37. The molecule has 0 saturated carbocycles. The van der Waals surface area contributed by atoms with Gasteiger partial charge in [0.25, 0.3) is 11.5 Å². The zero-order valence-electron chi connectivity index (χ0n) is 12.2. The average molecular weight is 326 g/mol. The molecule has 7 heteroatoms. The number of amides is 1. The number of nitrogens with one attached hydrogen (secondary N) is 1. The molecule has 0 fully saturated rings. The van der Waals surface area contributed by atoms with Crippen molar-refractivity contribution in [2.45, 2.75) is 26.8 Å². The molecule has 0 aliphatic heterocycles. The summed E-state index contributed by atoms with van der Waals surface area (Å²) in [7, 11) is 1.71. The number of hydrogen-bond acceptors (Lipinski definition) is 4. The minimum absolute atomic E-state index is 0.00239. The second-order valence-electron chi connectivity index (χ2n) is 4.83. The number of rotatable bonds is 3. The van der Waals surface area contributed by atoms with E-state index in [1.54, 1.807) is 23.3 Å². The van der Waals surface area contributed by atoms with Gasteiger partial charge in [-0.15, -0.1) is 11.3 Å². The quantitative estimate of drug-likeness (QED) is 0.943. The fourth-order valence-corrected chi connectivity index (χ4v) is 3.15. The molecule has 2 rings (SSSR count). The average Bonchev–Trinajstić information content (AvgIpc) is 2.78. The van der Waals surface area contributed by atoms with E-state index in [1.807, 2.05) is 20.8 Å². The molecule has 1 atom stereocenters. The molecule has 0 radical (unpaired) electrons. The Morgan fingerprint density at radius 3 is 2.67 bits per heavy atom. The first kappa shape index (κ1) is 15.7. The Balaban J connectivity index is 2.28. The van der Waals surface area contributed by atoms with Crippen LogP contribution >= 0.6 is 22.9 Å². The van der Waals surface area contributed by atoms with Crippen LogP contribution in [-0.4, -0.2) is 27.8 Å². The summed E-state index contributed by atoms with van der Waals surface area (Å²) in [6.45, 7) is 5.86. The lowest BCUT2D eigenvalue weighted by molar-refractivity contribution is 0.0739. The number of hydrogen-bond donors (Lipinski definition) is 1. The molecule has 0 saturated heterocycles. The maximum Gasteiger partial charge on any atom is 0.266 e. The predicted molar refractivity (Wildman–Crippen MR) is 84.2 cm³/mol. The minimum Gasteiger partial charge on any atom is -0.333 e. The second-order valence-corrected chi connectivity index (χ2v) is 6.65. The van der Waals surface area contributed by atoms with Gasteiger partial charge in [0.2, 0.25) is 0 Å². The Hall–Kier alpha value is -1.66. The highest BCUT2D eigenvalue weighted by Gasteiger charge is 2.23. The van der Waals surface area contributed by atoms with Gasteiger partial charge in [-0.25, -0.2) is 4.98 Å². The van der Waals surface area contributed by atoms with Crippen molar-refractivity contribution in [3.05, 3.63) is 48.8 Å². The van der Waals surface area contributed by atoms with Crippen LogP contribution in [0.3, 0.4) is 0 Å². The van der Waals surface area contributed by atoms with E-state index >= 15 is 0 Å². The lowest BCUT2D eigenvalue weighted by atomic mass is 10.1. The first-order chi connectivity index (χ1) is 9.81. The molecule has 0 unspecified atom stereocenters. The van der Waals surface area contributed by atoms with Gasteiger partial charge in [-0.3, -0.25) is 9.59 Å². The largest absolute Gasteiger partial charge is 0.333 e. The van der Waals surface area contributed by atoms with Gasteiger partial charge >= 0.3 is 0 Å². The zero-order chi connectivity index (χ0) is 15.7. The van der Waals surface area contributed by atoms with Gasteiger partial charge in [0.1, 0.15) is 5.02 Å². The topological polar surface area (TPSA) is 66.1 Å². The first-order valence-corrected chi connectivity index (χ1v) is 7.60. The summed E-state index contributed by atoms with van der Waals surface area (Å²) in [6, 6.07) is 1.22. The van der Waals surface area contributed by atoms with Gasteiger partial charge in [0, 0.05) is 18.1 Å².